The van der Waals surface area contributed by atoms with Crippen molar-refractivity contribution in [3.63, 3.8) is 0 Å². The van der Waals surface area contributed by atoms with Gasteiger partial charge in [0.25, 0.3) is 5.91 Å². The van der Waals surface area contributed by atoms with E-state index >= 15 is 0 Å². The van der Waals surface area contributed by atoms with Crippen molar-refractivity contribution in [1.29, 1.82) is 0 Å². The molecule has 1 amide bonds. The lowest BCUT2D eigenvalue weighted by Crippen LogP contribution is -2.47. The molecule has 0 aliphatic carbocycles. The first-order valence-electron chi connectivity index (χ1n) is 8.80. The molecule has 0 spiro atoms. The molecule has 2 atom stereocenters. The number of hydrogen-bond acceptors (Lipinski definition) is 5. The SMILES string of the molecule is COCCOc1ncccc1C(=O)N1CCC[C@@H]1[C@@H]1CCCN1C. The molecule has 3 rings (SSSR count). The van der Waals surface area contributed by atoms with Crippen molar-refractivity contribution in [3.05, 3.63) is 23.9 Å². The first-order valence-corrected chi connectivity index (χ1v) is 8.80. The van der Waals surface area contributed by atoms with Crippen LogP contribution < -0.4 is 4.74 Å². The van der Waals surface area contributed by atoms with Gasteiger partial charge in [-0.2, -0.15) is 0 Å². The molecule has 0 aromatic carbocycles. The molecule has 6 nitrogen and oxygen atoms in total. The van der Waals surface area contributed by atoms with Crippen molar-refractivity contribution in [1.82, 2.24) is 14.8 Å². The van der Waals surface area contributed by atoms with Crippen LogP contribution in [0.3, 0.4) is 0 Å². The molecule has 24 heavy (non-hydrogen) atoms. The average molecular weight is 333 g/mol. The lowest BCUT2D eigenvalue weighted by Gasteiger charge is -2.33. The van der Waals surface area contributed by atoms with Crippen LogP contribution >= 0.6 is 0 Å². The van der Waals surface area contributed by atoms with E-state index in [2.05, 4.69) is 16.9 Å². The number of nitrogens with zero attached hydrogens (tertiary/aromatic N) is 3. The maximum Gasteiger partial charge on any atom is 0.259 e. The van der Waals surface area contributed by atoms with E-state index in [1.54, 1.807) is 19.4 Å². The number of likely N-dealkylation sites (tertiary alicyclic amines) is 2. The smallest absolute Gasteiger partial charge is 0.259 e. The van der Waals surface area contributed by atoms with Crippen LogP contribution in [0.25, 0.3) is 0 Å². The second-order valence-corrected chi connectivity index (χ2v) is 6.60. The molecule has 2 fully saturated rings. The van der Waals surface area contributed by atoms with Gasteiger partial charge in [0.05, 0.1) is 6.61 Å². The second-order valence-electron chi connectivity index (χ2n) is 6.60. The minimum atomic E-state index is 0.0401. The zero-order valence-corrected chi connectivity index (χ0v) is 14.6. The summed E-state index contributed by atoms with van der Waals surface area (Å²) in [5.74, 6) is 0.447. The number of aromatic nitrogens is 1. The Morgan fingerprint density at radius 3 is 2.79 bits per heavy atom. The number of likely N-dealkylation sites (N-methyl/N-ethyl adjacent to an activating group) is 1. The highest BCUT2D eigenvalue weighted by atomic mass is 16.5. The molecule has 2 saturated heterocycles. The highest BCUT2D eigenvalue weighted by Crippen LogP contribution is 2.31. The van der Waals surface area contributed by atoms with Crippen LogP contribution in [0.1, 0.15) is 36.0 Å². The Morgan fingerprint density at radius 2 is 2.04 bits per heavy atom. The third-order valence-electron chi connectivity index (χ3n) is 5.11. The molecule has 2 aliphatic heterocycles. The van der Waals surface area contributed by atoms with E-state index < -0.39 is 0 Å². The van der Waals surface area contributed by atoms with Gasteiger partial charge in [-0.25, -0.2) is 4.98 Å². The predicted molar refractivity (Wildman–Crippen MR) is 91.3 cm³/mol. The fourth-order valence-corrected chi connectivity index (χ4v) is 3.91. The van der Waals surface area contributed by atoms with E-state index in [0.29, 0.717) is 36.7 Å². The largest absolute Gasteiger partial charge is 0.475 e. The molecular weight excluding hydrogens is 306 g/mol. The topological polar surface area (TPSA) is 54.9 Å². The number of ether oxygens (including phenoxy) is 2. The summed E-state index contributed by atoms with van der Waals surface area (Å²) < 4.78 is 10.7. The Hall–Kier alpha value is -1.66. The van der Waals surface area contributed by atoms with E-state index in [4.69, 9.17) is 9.47 Å². The molecule has 3 heterocycles. The van der Waals surface area contributed by atoms with Crippen molar-refractivity contribution >= 4 is 5.91 Å². The first kappa shape index (κ1) is 17.2. The number of carbonyl (C=O) groups is 1. The van der Waals surface area contributed by atoms with Gasteiger partial charge in [-0.1, -0.05) is 0 Å². The molecule has 0 radical (unpaired) electrons. The van der Waals surface area contributed by atoms with Crippen LogP contribution in [-0.4, -0.2) is 73.2 Å². The number of amides is 1. The predicted octanol–water partition coefficient (Wildman–Crippen LogP) is 1.81. The maximum atomic E-state index is 13.1. The minimum Gasteiger partial charge on any atom is -0.475 e. The van der Waals surface area contributed by atoms with Gasteiger partial charge in [0.15, 0.2) is 0 Å². The van der Waals surface area contributed by atoms with Gasteiger partial charge in [-0.3, -0.25) is 4.79 Å². The molecule has 132 valence electrons. The van der Waals surface area contributed by atoms with Crippen LogP contribution in [0.4, 0.5) is 0 Å². The summed E-state index contributed by atoms with van der Waals surface area (Å²) >= 11 is 0. The second kappa shape index (κ2) is 7.94. The fourth-order valence-electron chi connectivity index (χ4n) is 3.91. The van der Waals surface area contributed by atoms with Crippen molar-refractivity contribution in [3.8, 4) is 5.88 Å². The molecular formula is C18H27N3O3. The van der Waals surface area contributed by atoms with Crippen LogP contribution in [0, 0.1) is 0 Å². The molecule has 2 aliphatic rings. The zero-order valence-electron chi connectivity index (χ0n) is 14.6. The number of methoxy groups -OCH3 is 1. The van der Waals surface area contributed by atoms with Gasteiger partial charge in [0.2, 0.25) is 5.88 Å². The van der Waals surface area contributed by atoms with Crippen molar-refractivity contribution in [2.24, 2.45) is 0 Å². The standard InChI is InChI=1S/C18H27N3O3/c1-20-10-4-7-15(20)16-8-5-11-21(16)18(22)14-6-3-9-19-17(14)24-13-12-23-2/h3,6,9,15-16H,4-5,7-8,10-13H2,1-2H3/t15-,16+/m0/s1. The molecule has 1 aromatic heterocycles. The molecule has 0 bridgehead atoms. The quantitative estimate of drug-likeness (QED) is 0.743. The minimum absolute atomic E-state index is 0.0401. The summed E-state index contributed by atoms with van der Waals surface area (Å²) in [6, 6.07) is 4.39. The highest BCUT2D eigenvalue weighted by molar-refractivity contribution is 5.96. The lowest BCUT2D eigenvalue weighted by atomic mass is 10.0. The maximum absolute atomic E-state index is 13.1. The Labute approximate surface area is 143 Å². The summed E-state index contributed by atoms with van der Waals surface area (Å²) in [5.41, 5.74) is 0.557. The number of hydrogen-bond donors (Lipinski definition) is 0. The summed E-state index contributed by atoms with van der Waals surface area (Å²) in [4.78, 5) is 21.8. The Bertz CT molecular complexity index is 566. The molecule has 0 N–H and O–H groups in total. The van der Waals surface area contributed by atoms with Gasteiger partial charge in [0, 0.05) is 31.9 Å². The summed E-state index contributed by atoms with van der Waals surface area (Å²) in [7, 11) is 3.79. The third kappa shape index (κ3) is 3.54. The zero-order chi connectivity index (χ0) is 16.9. The van der Waals surface area contributed by atoms with E-state index in [1.807, 2.05) is 11.0 Å². The summed E-state index contributed by atoms with van der Waals surface area (Å²) in [5, 5.41) is 0. The monoisotopic (exact) mass is 333 g/mol. The van der Waals surface area contributed by atoms with Gasteiger partial charge in [-0.15, -0.1) is 0 Å². The molecule has 6 heteroatoms. The van der Waals surface area contributed by atoms with Gasteiger partial charge in [0.1, 0.15) is 12.2 Å². The van der Waals surface area contributed by atoms with E-state index in [9.17, 15) is 4.79 Å². The summed E-state index contributed by atoms with van der Waals surface area (Å²) in [6.07, 6.45) is 6.21. The number of carbonyl (C=O) groups excluding carboxylic acids is 1. The fraction of sp³-hybridized carbons (Fsp3) is 0.667. The Kier molecular flexibility index (Phi) is 5.68. The van der Waals surface area contributed by atoms with Crippen molar-refractivity contribution < 1.29 is 14.3 Å². The molecule has 1 aromatic rings. The Balaban J connectivity index is 1.75. The highest BCUT2D eigenvalue weighted by Gasteiger charge is 2.39. The number of rotatable bonds is 6. The van der Waals surface area contributed by atoms with E-state index in [0.717, 1.165) is 25.9 Å². The summed E-state index contributed by atoms with van der Waals surface area (Å²) in [6.45, 7) is 2.81. The van der Waals surface area contributed by atoms with Crippen LogP contribution in [0.2, 0.25) is 0 Å². The lowest BCUT2D eigenvalue weighted by molar-refractivity contribution is 0.0656. The van der Waals surface area contributed by atoms with Gasteiger partial charge >= 0.3 is 0 Å². The van der Waals surface area contributed by atoms with Gasteiger partial charge < -0.3 is 19.3 Å². The average Bonchev–Trinajstić information content (AvgIpc) is 3.23. The normalized spacial score (nSPS) is 24.5. The molecule has 0 saturated carbocycles. The third-order valence-corrected chi connectivity index (χ3v) is 5.11. The van der Waals surface area contributed by atoms with Gasteiger partial charge in [-0.05, 0) is 51.4 Å². The van der Waals surface area contributed by atoms with Crippen molar-refractivity contribution in [2.75, 3.05) is 40.5 Å². The van der Waals surface area contributed by atoms with Crippen LogP contribution in [0.5, 0.6) is 5.88 Å². The van der Waals surface area contributed by atoms with Crippen LogP contribution in [0.15, 0.2) is 18.3 Å². The van der Waals surface area contributed by atoms with Crippen molar-refractivity contribution in [2.45, 2.75) is 37.8 Å². The Morgan fingerprint density at radius 1 is 1.25 bits per heavy atom. The first-order chi connectivity index (χ1) is 11.7. The van der Waals surface area contributed by atoms with E-state index in [-0.39, 0.29) is 5.91 Å². The van der Waals surface area contributed by atoms with E-state index in [1.165, 1.54) is 12.8 Å². The molecule has 0 unspecified atom stereocenters. The van der Waals surface area contributed by atoms with Crippen LogP contribution in [-0.2, 0) is 4.74 Å². The number of pyridine rings is 1.